The Kier molecular flexibility index (Phi) is 6.10. The minimum Gasteiger partial charge on any atom is -0.497 e. The first kappa shape index (κ1) is 17.0. The Morgan fingerprint density at radius 3 is 2.70 bits per heavy atom. The van der Waals surface area contributed by atoms with Gasteiger partial charge in [-0.1, -0.05) is 0 Å². The molecule has 6 nitrogen and oxygen atoms in total. The second-order valence-corrected chi connectivity index (χ2v) is 5.75. The summed E-state index contributed by atoms with van der Waals surface area (Å²) < 4.78 is 5.12. The fraction of sp³-hybridized carbons (Fsp3) is 0.312. The number of amides is 1. The molecule has 2 aromatic rings. The molecule has 1 aromatic carbocycles. The van der Waals surface area contributed by atoms with Gasteiger partial charge in [0.25, 0.3) is 0 Å². The van der Waals surface area contributed by atoms with Gasteiger partial charge in [0.1, 0.15) is 10.8 Å². The fourth-order valence-electron chi connectivity index (χ4n) is 1.95. The van der Waals surface area contributed by atoms with Crippen molar-refractivity contribution in [1.82, 2.24) is 10.3 Å². The summed E-state index contributed by atoms with van der Waals surface area (Å²) in [4.78, 5) is 26.6. The van der Waals surface area contributed by atoms with E-state index in [4.69, 9.17) is 9.84 Å². The van der Waals surface area contributed by atoms with Gasteiger partial charge in [0, 0.05) is 23.9 Å². The molecule has 122 valence electrons. The van der Waals surface area contributed by atoms with Crippen LogP contribution in [-0.4, -0.2) is 35.6 Å². The van der Waals surface area contributed by atoms with Gasteiger partial charge in [0.15, 0.2) is 0 Å². The smallest absolute Gasteiger partial charge is 0.303 e. The van der Waals surface area contributed by atoms with Gasteiger partial charge in [-0.3, -0.25) is 9.59 Å². The number of rotatable bonds is 8. The maximum absolute atomic E-state index is 11.8. The third-order valence-electron chi connectivity index (χ3n) is 3.12. The van der Waals surface area contributed by atoms with Crippen molar-refractivity contribution >= 4 is 23.2 Å². The molecular formula is C16H18N2O4S. The Morgan fingerprint density at radius 2 is 2.04 bits per heavy atom. The highest BCUT2D eigenvalue weighted by atomic mass is 32.1. The quantitative estimate of drug-likeness (QED) is 0.723. The van der Waals surface area contributed by atoms with Gasteiger partial charge >= 0.3 is 5.97 Å². The summed E-state index contributed by atoms with van der Waals surface area (Å²) in [5, 5.41) is 13.9. The van der Waals surface area contributed by atoms with Crippen LogP contribution in [0.3, 0.4) is 0 Å². The molecule has 7 heteroatoms. The van der Waals surface area contributed by atoms with Gasteiger partial charge in [-0.15, -0.1) is 11.3 Å². The van der Waals surface area contributed by atoms with Gasteiger partial charge < -0.3 is 15.2 Å². The number of carboxylic acid groups (broad SMARTS) is 1. The van der Waals surface area contributed by atoms with Crippen molar-refractivity contribution in [3.05, 3.63) is 35.3 Å². The average molecular weight is 334 g/mol. The zero-order valence-electron chi connectivity index (χ0n) is 12.7. The molecule has 0 unspecified atom stereocenters. The highest BCUT2D eigenvalue weighted by Crippen LogP contribution is 2.25. The van der Waals surface area contributed by atoms with Crippen molar-refractivity contribution in [2.45, 2.75) is 19.3 Å². The number of ether oxygens (including phenoxy) is 1. The molecule has 0 saturated heterocycles. The van der Waals surface area contributed by atoms with E-state index in [0.29, 0.717) is 18.7 Å². The topological polar surface area (TPSA) is 88.5 Å². The lowest BCUT2D eigenvalue weighted by Gasteiger charge is -2.02. The molecule has 23 heavy (non-hydrogen) atoms. The number of carbonyl (C=O) groups is 2. The molecule has 0 fully saturated rings. The number of hydrogen-bond donors (Lipinski definition) is 2. The minimum atomic E-state index is -0.858. The van der Waals surface area contributed by atoms with Crippen LogP contribution in [0.25, 0.3) is 10.6 Å². The summed E-state index contributed by atoms with van der Waals surface area (Å²) in [7, 11) is 1.62. The number of carboxylic acids is 1. The molecule has 2 N–H and O–H groups in total. The molecule has 0 aliphatic rings. The molecule has 2 rings (SSSR count). The maximum atomic E-state index is 11.8. The van der Waals surface area contributed by atoms with Gasteiger partial charge in [-0.25, -0.2) is 4.98 Å². The summed E-state index contributed by atoms with van der Waals surface area (Å²) >= 11 is 1.48. The zero-order chi connectivity index (χ0) is 16.7. The van der Waals surface area contributed by atoms with E-state index < -0.39 is 5.97 Å². The highest BCUT2D eigenvalue weighted by molar-refractivity contribution is 7.13. The molecule has 0 spiro atoms. The lowest BCUT2D eigenvalue weighted by molar-refractivity contribution is -0.137. The Labute approximate surface area is 138 Å². The van der Waals surface area contributed by atoms with Crippen LogP contribution in [-0.2, 0) is 16.0 Å². The Bertz CT molecular complexity index is 667. The monoisotopic (exact) mass is 334 g/mol. The predicted octanol–water partition coefficient (Wildman–Crippen LogP) is 2.34. The van der Waals surface area contributed by atoms with E-state index in [1.54, 1.807) is 7.11 Å². The van der Waals surface area contributed by atoms with Crippen LogP contribution < -0.4 is 10.1 Å². The van der Waals surface area contributed by atoms with Crippen molar-refractivity contribution < 1.29 is 19.4 Å². The van der Waals surface area contributed by atoms with E-state index in [-0.39, 0.29) is 18.7 Å². The number of nitrogens with zero attached hydrogens (tertiary/aromatic N) is 1. The van der Waals surface area contributed by atoms with E-state index in [9.17, 15) is 9.59 Å². The van der Waals surface area contributed by atoms with Crippen molar-refractivity contribution in [1.29, 1.82) is 0 Å². The summed E-state index contributed by atoms with van der Waals surface area (Å²) in [6, 6.07) is 7.58. The van der Waals surface area contributed by atoms with E-state index in [1.165, 1.54) is 11.3 Å². The number of carbonyl (C=O) groups excluding carboxylic acids is 1. The number of methoxy groups -OCH3 is 1. The molecule has 0 aliphatic carbocycles. The van der Waals surface area contributed by atoms with E-state index in [2.05, 4.69) is 10.3 Å². The molecule has 0 bridgehead atoms. The highest BCUT2D eigenvalue weighted by Gasteiger charge is 2.09. The fourth-order valence-corrected chi connectivity index (χ4v) is 2.77. The number of hydrogen-bond acceptors (Lipinski definition) is 5. The standard InChI is InChI=1S/C16H18N2O4S/c1-22-13-6-4-11(5-7-13)16-18-12(10-23-16)9-14(19)17-8-2-3-15(20)21/h4-7,10H,2-3,8-9H2,1H3,(H,17,19)(H,20,21). The van der Waals surface area contributed by atoms with Crippen LogP contribution in [0.4, 0.5) is 0 Å². The van der Waals surface area contributed by atoms with Gasteiger partial charge in [0.05, 0.1) is 19.2 Å². The van der Waals surface area contributed by atoms with Gasteiger partial charge in [-0.2, -0.15) is 0 Å². The third kappa shape index (κ3) is 5.37. The lowest BCUT2D eigenvalue weighted by Crippen LogP contribution is -2.26. The first-order valence-corrected chi connectivity index (χ1v) is 8.04. The first-order chi connectivity index (χ1) is 11.1. The number of thiazole rings is 1. The average Bonchev–Trinajstić information content (AvgIpc) is 3.00. The Morgan fingerprint density at radius 1 is 1.30 bits per heavy atom. The summed E-state index contributed by atoms with van der Waals surface area (Å²) in [6.45, 7) is 0.362. The van der Waals surface area contributed by atoms with E-state index in [1.807, 2.05) is 29.6 Å². The maximum Gasteiger partial charge on any atom is 0.303 e. The van der Waals surface area contributed by atoms with Crippen molar-refractivity contribution in [3.8, 4) is 16.3 Å². The number of aromatic nitrogens is 1. The lowest BCUT2D eigenvalue weighted by atomic mass is 10.2. The minimum absolute atomic E-state index is 0.0542. The molecular weight excluding hydrogens is 316 g/mol. The normalized spacial score (nSPS) is 10.3. The molecule has 1 heterocycles. The SMILES string of the molecule is COc1ccc(-c2nc(CC(=O)NCCCC(=O)O)cs2)cc1. The third-order valence-corrected chi connectivity index (χ3v) is 4.06. The molecule has 0 radical (unpaired) electrons. The summed E-state index contributed by atoms with van der Waals surface area (Å²) in [6.07, 6.45) is 0.674. The number of benzene rings is 1. The van der Waals surface area contributed by atoms with Crippen molar-refractivity contribution in [2.24, 2.45) is 0 Å². The first-order valence-electron chi connectivity index (χ1n) is 7.16. The molecule has 0 aliphatic heterocycles. The number of nitrogens with one attached hydrogen (secondary N) is 1. The van der Waals surface area contributed by atoms with Crippen LogP contribution in [0.5, 0.6) is 5.75 Å². The second kappa shape index (κ2) is 8.28. The summed E-state index contributed by atoms with van der Waals surface area (Å²) in [5.41, 5.74) is 1.68. The second-order valence-electron chi connectivity index (χ2n) is 4.90. The Hall–Kier alpha value is -2.41. The molecule has 0 atom stereocenters. The van der Waals surface area contributed by atoms with Crippen LogP contribution >= 0.6 is 11.3 Å². The van der Waals surface area contributed by atoms with E-state index in [0.717, 1.165) is 16.3 Å². The number of aliphatic carboxylic acids is 1. The van der Waals surface area contributed by atoms with Crippen molar-refractivity contribution in [3.63, 3.8) is 0 Å². The molecule has 1 aromatic heterocycles. The van der Waals surface area contributed by atoms with Gasteiger partial charge in [-0.05, 0) is 30.7 Å². The van der Waals surface area contributed by atoms with Crippen molar-refractivity contribution in [2.75, 3.05) is 13.7 Å². The van der Waals surface area contributed by atoms with Crippen LogP contribution in [0, 0.1) is 0 Å². The van der Waals surface area contributed by atoms with Crippen LogP contribution in [0.2, 0.25) is 0 Å². The summed E-state index contributed by atoms with van der Waals surface area (Å²) in [5.74, 6) is -0.226. The van der Waals surface area contributed by atoms with E-state index >= 15 is 0 Å². The predicted molar refractivity (Wildman–Crippen MR) is 87.7 cm³/mol. The van der Waals surface area contributed by atoms with Crippen LogP contribution in [0.1, 0.15) is 18.5 Å². The Balaban J connectivity index is 1.86. The molecule has 0 saturated carbocycles. The zero-order valence-corrected chi connectivity index (χ0v) is 13.6. The largest absolute Gasteiger partial charge is 0.497 e. The van der Waals surface area contributed by atoms with Gasteiger partial charge in [0.2, 0.25) is 5.91 Å². The van der Waals surface area contributed by atoms with Crippen LogP contribution in [0.15, 0.2) is 29.6 Å². The molecule has 1 amide bonds.